The lowest BCUT2D eigenvalue weighted by atomic mass is 10.0. The molecule has 1 aromatic rings. The van der Waals surface area contributed by atoms with Crippen LogP contribution in [0.4, 0.5) is 0 Å². The van der Waals surface area contributed by atoms with Crippen molar-refractivity contribution < 1.29 is 14.6 Å². The largest absolute Gasteiger partial charge is 0.480 e. The van der Waals surface area contributed by atoms with E-state index in [2.05, 4.69) is 5.32 Å². The number of rotatable bonds is 7. The number of benzene rings is 1. The normalized spacial score (nSPS) is 14.6. The number of ether oxygens (including phenoxy) is 1. The summed E-state index contributed by atoms with van der Waals surface area (Å²) in [6.07, 6.45) is -0.459. The Morgan fingerprint density at radius 1 is 1.43 bits per heavy atom. The topological polar surface area (TPSA) is 82.3 Å². The van der Waals surface area contributed by atoms with Crippen molar-refractivity contribution in [3.63, 3.8) is 0 Å². The van der Waals surface area contributed by atoms with Crippen LogP contribution in [0.25, 0.3) is 0 Å². The second-order valence-corrected chi connectivity index (χ2v) is 5.07. The van der Waals surface area contributed by atoms with Gasteiger partial charge in [-0.25, -0.2) is 0 Å². The van der Waals surface area contributed by atoms with E-state index in [0.29, 0.717) is 11.3 Å². The van der Waals surface area contributed by atoms with Gasteiger partial charge in [0.1, 0.15) is 11.8 Å². The van der Waals surface area contributed by atoms with Crippen molar-refractivity contribution in [2.45, 2.75) is 39.4 Å². The molecule has 0 aromatic heterocycles. The van der Waals surface area contributed by atoms with Crippen LogP contribution in [0.3, 0.4) is 0 Å². The number of carbonyl (C=O) groups is 1. The molecule has 1 rings (SSSR count). The molecule has 1 amide bonds. The van der Waals surface area contributed by atoms with E-state index in [1.165, 1.54) is 0 Å². The van der Waals surface area contributed by atoms with Crippen LogP contribution in [0.5, 0.6) is 5.75 Å². The molecule has 0 aliphatic heterocycles. The molecule has 0 saturated carbocycles. The van der Waals surface area contributed by atoms with E-state index in [-0.39, 0.29) is 18.4 Å². The first kappa shape index (κ1) is 17.0. The average molecular weight is 290 g/mol. The molecule has 5 nitrogen and oxygen atoms in total. The van der Waals surface area contributed by atoms with Crippen LogP contribution in [0.1, 0.15) is 32.8 Å². The van der Waals surface area contributed by atoms with Crippen molar-refractivity contribution in [2.24, 2.45) is 5.92 Å². The molecule has 3 atom stereocenters. The van der Waals surface area contributed by atoms with Crippen LogP contribution in [-0.2, 0) is 4.79 Å². The fraction of sp³-hybridized carbons (Fsp3) is 0.500. The highest BCUT2D eigenvalue weighted by Gasteiger charge is 2.18. The van der Waals surface area contributed by atoms with E-state index in [9.17, 15) is 9.90 Å². The standard InChI is InChI=1S/C16H22N2O3/c1-4-11(2)14(19)10-18-16(20)12(3)21-15-8-6-5-7-13(15)9-17/h5-8,11-12,14,19H,4,10H2,1-3H3,(H,18,20). The van der Waals surface area contributed by atoms with Gasteiger partial charge in [0.2, 0.25) is 0 Å². The highest BCUT2D eigenvalue weighted by Crippen LogP contribution is 2.18. The molecule has 21 heavy (non-hydrogen) atoms. The maximum Gasteiger partial charge on any atom is 0.260 e. The minimum Gasteiger partial charge on any atom is -0.480 e. The van der Waals surface area contributed by atoms with Gasteiger partial charge < -0.3 is 15.2 Å². The van der Waals surface area contributed by atoms with Gasteiger partial charge in [-0.05, 0) is 25.0 Å². The molecule has 0 heterocycles. The Labute approximate surface area is 125 Å². The van der Waals surface area contributed by atoms with Crippen molar-refractivity contribution in [2.75, 3.05) is 6.54 Å². The van der Waals surface area contributed by atoms with Crippen LogP contribution in [0, 0.1) is 17.2 Å². The zero-order chi connectivity index (χ0) is 15.8. The van der Waals surface area contributed by atoms with Gasteiger partial charge in [0, 0.05) is 6.54 Å². The molecule has 5 heteroatoms. The van der Waals surface area contributed by atoms with E-state index in [1.54, 1.807) is 31.2 Å². The highest BCUT2D eigenvalue weighted by atomic mass is 16.5. The van der Waals surface area contributed by atoms with E-state index < -0.39 is 12.2 Å². The first-order chi connectivity index (χ1) is 9.99. The number of aliphatic hydroxyl groups is 1. The van der Waals surface area contributed by atoms with Crippen molar-refractivity contribution in [3.05, 3.63) is 29.8 Å². The lowest BCUT2D eigenvalue weighted by Gasteiger charge is -2.20. The Balaban J connectivity index is 2.54. The molecular formula is C16H22N2O3. The number of aliphatic hydroxyl groups excluding tert-OH is 1. The number of nitrogens with one attached hydrogen (secondary N) is 1. The third-order valence-electron chi connectivity index (χ3n) is 3.47. The molecule has 0 saturated heterocycles. The zero-order valence-corrected chi connectivity index (χ0v) is 12.7. The number of nitrogens with zero attached hydrogens (tertiary/aromatic N) is 1. The molecule has 3 unspecified atom stereocenters. The monoisotopic (exact) mass is 290 g/mol. The van der Waals surface area contributed by atoms with Crippen molar-refractivity contribution in [1.29, 1.82) is 5.26 Å². The van der Waals surface area contributed by atoms with Crippen molar-refractivity contribution >= 4 is 5.91 Å². The Bertz CT molecular complexity index is 510. The molecule has 114 valence electrons. The maximum atomic E-state index is 11.9. The first-order valence-corrected chi connectivity index (χ1v) is 7.11. The van der Waals surface area contributed by atoms with Crippen molar-refractivity contribution in [3.8, 4) is 11.8 Å². The Morgan fingerprint density at radius 3 is 2.71 bits per heavy atom. The summed E-state index contributed by atoms with van der Waals surface area (Å²) in [5.41, 5.74) is 0.386. The summed E-state index contributed by atoms with van der Waals surface area (Å²) in [6.45, 7) is 5.72. The summed E-state index contributed by atoms with van der Waals surface area (Å²) in [4.78, 5) is 11.9. The van der Waals surface area contributed by atoms with Gasteiger partial charge >= 0.3 is 0 Å². The van der Waals surface area contributed by atoms with Gasteiger partial charge in [0.05, 0.1) is 11.7 Å². The molecule has 0 fully saturated rings. The maximum absolute atomic E-state index is 11.9. The highest BCUT2D eigenvalue weighted by molar-refractivity contribution is 5.80. The fourth-order valence-corrected chi connectivity index (χ4v) is 1.73. The van der Waals surface area contributed by atoms with Gasteiger partial charge in [0.25, 0.3) is 5.91 Å². The molecule has 0 radical (unpaired) electrons. The predicted octanol–water partition coefficient (Wildman–Crippen LogP) is 1.85. The minimum atomic E-state index is -0.733. The minimum absolute atomic E-state index is 0.126. The van der Waals surface area contributed by atoms with E-state index >= 15 is 0 Å². The number of hydrogen-bond donors (Lipinski definition) is 2. The second kappa shape index (κ2) is 8.28. The molecule has 1 aromatic carbocycles. The summed E-state index contributed by atoms with van der Waals surface area (Å²) in [5.74, 6) is 0.191. The third kappa shape index (κ3) is 5.09. The van der Waals surface area contributed by atoms with Gasteiger partial charge in [0.15, 0.2) is 6.10 Å². The lowest BCUT2D eigenvalue weighted by Crippen LogP contribution is -2.41. The Kier molecular flexibility index (Phi) is 6.70. The smallest absolute Gasteiger partial charge is 0.260 e. The van der Waals surface area contributed by atoms with Crippen LogP contribution in [-0.4, -0.2) is 29.8 Å². The second-order valence-electron chi connectivity index (χ2n) is 5.07. The molecular weight excluding hydrogens is 268 g/mol. The van der Waals surface area contributed by atoms with Gasteiger partial charge in [-0.3, -0.25) is 4.79 Å². The zero-order valence-electron chi connectivity index (χ0n) is 12.7. The van der Waals surface area contributed by atoms with Crippen LogP contribution in [0.2, 0.25) is 0 Å². The summed E-state index contributed by atoms with van der Waals surface area (Å²) < 4.78 is 5.50. The number of nitriles is 1. The number of hydrogen-bond acceptors (Lipinski definition) is 4. The van der Waals surface area contributed by atoms with E-state index in [1.807, 2.05) is 19.9 Å². The van der Waals surface area contributed by atoms with Gasteiger partial charge in [-0.1, -0.05) is 32.4 Å². The summed E-state index contributed by atoms with van der Waals surface area (Å²) in [5, 5.41) is 21.5. The molecule has 0 aliphatic rings. The van der Waals surface area contributed by atoms with E-state index in [0.717, 1.165) is 6.42 Å². The van der Waals surface area contributed by atoms with E-state index in [4.69, 9.17) is 10.00 Å². The third-order valence-corrected chi connectivity index (χ3v) is 3.47. The fourth-order valence-electron chi connectivity index (χ4n) is 1.73. The molecule has 0 aliphatic carbocycles. The first-order valence-electron chi connectivity index (χ1n) is 7.11. The van der Waals surface area contributed by atoms with Gasteiger partial charge in [-0.2, -0.15) is 5.26 Å². The number of para-hydroxylation sites is 1. The quantitative estimate of drug-likeness (QED) is 0.803. The number of carbonyl (C=O) groups excluding carboxylic acids is 1. The summed E-state index contributed by atoms with van der Waals surface area (Å²) >= 11 is 0. The predicted molar refractivity (Wildman–Crippen MR) is 79.7 cm³/mol. The SMILES string of the molecule is CCC(C)C(O)CNC(=O)C(C)Oc1ccccc1C#N. The molecule has 2 N–H and O–H groups in total. The summed E-state index contributed by atoms with van der Waals surface area (Å²) in [7, 11) is 0. The molecule has 0 bridgehead atoms. The van der Waals surface area contributed by atoms with Gasteiger partial charge in [-0.15, -0.1) is 0 Å². The average Bonchev–Trinajstić information content (AvgIpc) is 2.51. The van der Waals surface area contributed by atoms with Crippen LogP contribution < -0.4 is 10.1 Å². The number of amides is 1. The van der Waals surface area contributed by atoms with Crippen LogP contribution >= 0.6 is 0 Å². The Hall–Kier alpha value is -2.06. The summed E-state index contributed by atoms with van der Waals surface area (Å²) in [6, 6.07) is 8.77. The van der Waals surface area contributed by atoms with Crippen LogP contribution in [0.15, 0.2) is 24.3 Å². The lowest BCUT2D eigenvalue weighted by molar-refractivity contribution is -0.127. The molecule has 0 spiro atoms. The van der Waals surface area contributed by atoms with Crippen molar-refractivity contribution in [1.82, 2.24) is 5.32 Å². The Morgan fingerprint density at radius 2 is 2.10 bits per heavy atom.